The van der Waals surface area contributed by atoms with Gasteiger partial charge >= 0.3 is 5.97 Å². The molecule has 0 radical (unpaired) electrons. The number of carbonyl (C=O) groups excluding carboxylic acids is 1. The second-order valence-corrected chi connectivity index (χ2v) is 4.47. The molecule has 0 aliphatic heterocycles. The van der Waals surface area contributed by atoms with Crippen molar-refractivity contribution in [2.24, 2.45) is 0 Å². The number of amides is 1. The normalized spacial score (nSPS) is 12.1. The Morgan fingerprint density at radius 2 is 2.31 bits per heavy atom. The highest BCUT2D eigenvalue weighted by Crippen LogP contribution is 2.08. The lowest BCUT2D eigenvalue weighted by Gasteiger charge is -2.12. The summed E-state index contributed by atoms with van der Waals surface area (Å²) >= 11 is 1.36. The van der Waals surface area contributed by atoms with Crippen LogP contribution in [0.1, 0.15) is 35.3 Å². The second kappa shape index (κ2) is 5.60. The summed E-state index contributed by atoms with van der Waals surface area (Å²) in [7, 11) is 0. The maximum atomic E-state index is 11.6. The van der Waals surface area contributed by atoms with Crippen molar-refractivity contribution in [2.45, 2.75) is 32.7 Å². The molecule has 2 N–H and O–H groups in total. The topological polar surface area (TPSA) is 79.3 Å². The third kappa shape index (κ3) is 3.30. The van der Waals surface area contributed by atoms with Crippen LogP contribution < -0.4 is 5.32 Å². The first-order valence-electron chi connectivity index (χ1n) is 5.00. The number of rotatable bonds is 5. The number of aryl methyl sites for hydroxylation is 1. The number of aliphatic carboxylic acids is 1. The van der Waals surface area contributed by atoms with Gasteiger partial charge < -0.3 is 10.4 Å². The Balaban J connectivity index is 2.65. The van der Waals surface area contributed by atoms with E-state index in [0.29, 0.717) is 12.8 Å². The lowest BCUT2D eigenvalue weighted by Crippen LogP contribution is -2.40. The predicted molar refractivity (Wildman–Crippen MR) is 60.6 cm³/mol. The van der Waals surface area contributed by atoms with Crippen LogP contribution >= 0.6 is 11.3 Å². The van der Waals surface area contributed by atoms with E-state index in [9.17, 15) is 9.59 Å². The van der Waals surface area contributed by atoms with Crippen molar-refractivity contribution in [3.63, 3.8) is 0 Å². The molecule has 1 amide bonds. The van der Waals surface area contributed by atoms with Crippen LogP contribution in [0.5, 0.6) is 0 Å². The number of thiazole rings is 1. The summed E-state index contributed by atoms with van der Waals surface area (Å²) in [4.78, 5) is 26.4. The fourth-order valence-electron chi connectivity index (χ4n) is 1.25. The number of aromatic nitrogens is 1. The molecule has 1 aromatic rings. The van der Waals surface area contributed by atoms with Crippen molar-refractivity contribution in [1.29, 1.82) is 0 Å². The van der Waals surface area contributed by atoms with Crippen LogP contribution in [-0.2, 0) is 4.79 Å². The summed E-state index contributed by atoms with van der Waals surface area (Å²) in [5.74, 6) is -1.44. The standard InChI is InChI=1S/C10H14N2O3S/c1-3-4-7(10(14)15)12-9(13)8-5-16-6(2)11-8/h5,7H,3-4H2,1-2H3,(H,12,13)(H,14,15). The van der Waals surface area contributed by atoms with Crippen molar-refractivity contribution in [1.82, 2.24) is 10.3 Å². The van der Waals surface area contributed by atoms with E-state index in [4.69, 9.17) is 5.11 Å². The van der Waals surface area contributed by atoms with E-state index in [-0.39, 0.29) is 5.69 Å². The van der Waals surface area contributed by atoms with Crippen LogP contribution in [0.3, 0.4) is 0 Å². The Labute approximate surface area is 97.5 Å². The molecule has 0 saturated heterocycles. The van der Waals surface area contributed by atoms with Gasteiger partial charge in [-0.15, -0.1) is 11.3 Å². The molecule has 0 fully saturated rings. The van der Waals surface area contributed by atoms with Crippen molar-refractivity contribution < 1.29 is 14.7 Å². The van der Waals surface area contributed by atoms with Gasteiger partial charge in [0.25, 0.3) is 5.91 Å². The number of carboxylic acid groups (broad SMARTS) is 1. The molecule has 5 nitrogen and oxygen atoms in total. The zero-order valence-electron chi connectivity index (χ0n) is 9.19. The van der Waals surface area contributed by atoms with E-state index in [1.54, 1.807) is 12.3 Å². The molecular formula is C10H14N2O3S. The highest BCUT2D eigenvalue weighted by molar-refractivity contribution is 7.09. The molecular weight excluding hydrogens is 228 g/mol. The van der Waals surface area contributed by atoms with Gasteiger partial charge in [0, 0.05) is 5.38 Å². The van der Waals surface area contributed by atoms with Crippen LogP contribution in [0.2, 0.25) is 0 Å². The second-order valence-electron chi connectivity index (χ2n) is 3.40. The molecule has 6 heteroatoms. The molecule has 0 saturated carbocycles. The maximum absolute atomic E-state index is 11.6. The van der Waals surface area contributed by atoms with Crippen molar-refractivity contribution in [3.05, 3.63) is 16.1 Å². The zero-order valence-corrected chi connectivity index (χ0v) is 10.0. The van der Waals surface area contributed by atoms with Crippen molar-refractivity contribution >= 4 is 23.2 Å². The monoisotopic (exact) mass is 242 g/mol. The van der Waals surface area contributed by atoms with Crippen LogP contribution in [0.25, 0.3) is 0 Å². The Morgan fingerprint density at radius 3 is 2.75 bits per heavy atom. The molecule has 1 unspecified atom stereocenters. The zero-order chi connectivity index (χ0) is 12.1. The smallest absolute Gasteiger partial charge is 0.326 e. The van der Waals surface area contributed by atoms with Crippen LogP contribution in [0.4, 0.5) is 0 Å². The number of hydrogen-bond acceptors (Lipinski definition) is 4. The molecule has 0 aliphatic carbocycles. The Morgan fingerprint density at radius 1 is 1.62 bits per heavy atom. The molecule has 1 heterocycles. The van der Waals surface area contributed by atoms with E-state index < -0.39 is 17.9 Å². The lowest BCUT2D eigenvalue weighted by molar-refractivity contribution is -0.139. The summed E-state index contributed by atoms with van der Waals surface area (Å²) in [6, 6.07) is -0.834. The molecule has 16 heavy (non-hydrogen) atoms. The number of nitrogens with one attached hydrogen (secondary N) is 1. The maximum Gasteiger partial charge on any atom is 0.326 e. The average molecular weight is 242 g/mol. The molecule has 0 aliphatic rings. The third-order valence-electron chi connectivity index (χ3n) is 2.03. The van der Waals surface area contributed by atoms with Gasteiger partial charge in [0.2, 0.25) is 0 Å². The van der Waals surface area contributed by atoms with E-state index in [2.05, 4.69) is 10.3 Å². The van der Waals surface area contributed by atoms with Crippen LogP contribution in [-0.4, -0.2) is 28.0 Å². The van der Waals surface area contributed by atoms with E-state index >= 15 is 0 Å². The van der Waals surface area contributed by atoms with Gasteiger partial charge in [-0.2, -0.15) is 0 Å². The summed E-state index contributed by atoms with van der Waals surface area (Å²) in [5, 5.41) is 13.7. The fourth-order valence-corrected chi connectivity index (χ4v) is 1.84. The lowest BCUT2D eigenvalue weighted by atomic mass is 10.1. The molecule has 0 spiro atoms. The molecule has 1 rings (SSSR count). The van der Waals surface area contributed by atoms with Gasteiger partial charge in [-0.05, 0) is 13.3 Å². The molecule has 0 aromatic carbocycles. The molecule has 88 valence electrons. The predicted octanol–water partition coefficient (Wildman–Crippen LogP) is 1.43. The molecule has 1 aromatic heterocycles. The van der Waals surface area contributed by atoms with Gasteiger partial charge in [0.05, 0.1) is 5.01 Å². The molecule has 0 bridgehead atoms. The number of carbonyl (C=O) groups is 2. The van der Waals surface area contributed by atoms with E-state index in [1.165, 1.54) is 11.3 Å². The first kappa shape index (κ1) is 12.6. The summed E-state index contributed by atoms with van der Waals surface area (Å²) < 4.78 is 0. The highest BCUT2D eigenvalue weighted by atomic mass is 32.1. The van der Waals surface area contributed by atoms with Gasteiger partial charge in [0.15, 0.2) is 0 Å². The third-order valence-corrected chi connectivity index (χ3v) is 2.81. The highest BCUT2D eigenvalue weighted by Gasteiger charge is 2.20. The largest absolute Gasteiger partial charge is 0.480 e. The van der Waals surface area contributed by atoms with Gasteiger partial charge in [-0.25, -0.2) is 9.78 Å². The summed E-state index contributed by atoms with van der Waals surface area (Å²) in [5.41, 5.74) is 0.282. The Hall–Kier alpha value is -1.43. The Bertz CT molecular complexity index is 389. The number of hydrogen-bond donors (Lipinski definition) is 2. The minimum atomic E-state index is -1.01. The molecule has 1 atom stereocenters. The summed E-state index contributed by atoms with van der Waals surface area (Å²) in [6.07, 6.45) is 1.12. The first-order chi connectivity index (χ1) is 7.54. The van der Waals surface area contributed by atoms with Crippen molar-refractivity contribution in [2.75, 3.05) is 0 Å². The SMILES string of the molecule is CCCC(NC(=O)c1csc(C)n1)C(=O)O. The van der Waals surface area contributed by atoms with E-state index in [1.807, 2.05) is 6.92 Å². The summed E-state index contributed by atoms with van der Waals surface area (Å²) in [6.45, 7) is 3.66. The Kier molecular flexibility index (Phi) is 4.42. The average Bonchev–Trinajstić information content (AvgIpc) is 2.64. The minimum absolute atomic E-state index is 0.282. The van der Waals surface area contributed by atoms with E-state index in [0.717, 1.165) is 5.01 Å². The number of nitrogens with zero attached hydrogens (tertiary/aromatic N) is 1. The van der Waals surface area contributed by atoms with Gasteiger partial charge in [-0.3, -0.25) is 4.79 Å². The van der Waals surface area contributed by atoms with Crippen LogP contribution in [0.15, 0.2) is 5.38 Å². The number of carboxylic acids is 1. The minimum Gasteiger partial charge on any atom is -0.480 e. The first-order valence-corrected chi connectivity index (χ1v) is 5.88. The van der Waals surface area contributed by atoms with Crippen LogP contribution in [0, 0.1) is 6.92 Å². The van der Waals surface area contributed by atoms with Gasteiger partial charge in [0.1, 0.15) is 11.7 Å². The quantitative estimate of drug-likeness (QED) is 0.818. The van der Waals surface area contributed by atoms with Crippen molar-refractivity contribution in [3.8, 4) is 0 Å². The fraction of sp³-hybridized carbons (Fsp3) is 0.500. The van der Waals surface area contributed by atoms with Gasteiger partial charge in [-0.1, -0.05) is 13.3 Å².